The molecule has 7 nitrogen and oxygen atoms in total. The first-order chi connectivity index (χ1) is 15.5. The molecule has 0 aliphatic carbocycles. The quantitative estimate of drug-likeness (QED) is 0.595. The largest absolute Gasteiger partial charge is 0.327 e. The summed E-state index contributed by atoms with van der Waals surface area (Å²) in [5.41, 5.74) is 1.66. The summed E-state index contributed by atoms with van der Waals surface area (Å²) >= 11 is 0. The van der Waals surface area contributed by atoms with Gasteiger partial charge in [-0.3, -0.25) is 24.6 Å². The van der Waals surface area contributed by atoms with Crippen LogP contribution in [0, 0.1) is 5.92 Å². The second-order valence-electron chi connectivity index (χ2n) is 9.37. The molecule has 0 bridgehead atoms. The van der Waals surface area contributed by atoms with Gasteiger partial charge in [-0.1, -0.05) is 19.9 Å². The summed E-state index contributed by atoms with van der Waals surface area (Å²) in [5, 5.41) is 0. The van der Waals surface area contributed by atoms with Crippen molar-refractivity contribution in [2.45, 2.75) is 51.6 Å². The zero-order valence-corrected chi connectivity index (χ0v) is 19.1. The minimum Gasteiger partial charge on any atom is -0.309 e. The smallest absolute Gasteiger partial charge is 0.309 e. The fourth-order valence-corrected chi connectivity index (χ4v) is 4.90. The van der Waals surface area contributed by atoms with Crippen LogP contribution in [0.25, 0.3) is 0 Å². The van der Waals surface area contributed by atoms with Crippen molar-refractivity contribution in [1.82, 2.24) is 24.7 Å². The van der Waals surface area contributed by atoms with Gasteiger partial charge >= 0.3 is 6.03 Å². The van der Waals surface area contributed by atoms with Gasteiger partial charge in [0.25, 0.3) is 5.91 Å². The second-order valence-corrected chi connectivity index (χ2v) is 9.37. The van der Waals surface area contributed by atoms with Crippen molar-refractivity contribution in [3.8, 4) is 0 Å². The second kappa shape index (κ2) is 9.77. The van der Waals surface area contributed by atoms with Gasteiger partial charge in [0.15, 0.2) is 0 Å². The van der Waals surface area contributed by atoms with Crippen molar-refractivity contribution in [3.05, 3.63) is 60.2 Å². The van der Waals surface area contributed by atoms with Crippen LogP contribution >= 0.6 is 0 Å². The zero-order valence-electron chi connectivity index (χ0n) is 19.1. The summed E-state index contributed by atoms with van der Waals surface area (Å²) < 4.78 is 0. The summed E-state index contributed by atoms with van der Waals surface area (Å²) in [5.74, 6) is 0.312. The fraction of sp³-hybridized carbons (Fsp3) is 0.520. The number of rotatable bonds is 8. The molecule has 0 aromatic carbocycles. The van der Waals surface area contributed by atoms with E-state index in [1.807, 2.05) is 47.8 Å². The van der Waals surface area contributed by atoms with Gasteiger partial charge in [0.05, 0.1) is 0 Å². The molecule has 0 atom stereocenters. The monoisotopic (exact) mass is 435 g/mol. The van der Waals surface area contributed by atoms with Crippen molar-refractivity contribution < 1.29 is 9.59 Å². The number of hydrogen-bond donors (Lipinski definition) is 0. The first-order valence-corrected chi connectivity index (χ1v) is 11.6. The van der Waals surface area contributed by atoms with Crippen LogP contribution in [-0.4, -0.2) is 68.3 Å². The summed E-state index contributed by atoms with van der Waals surface area (Å²) in [6, 6.07) is 7.90. The molecule has 0 N–H and O–H groups in total. The highest BCUT2D eigenvalue weighted by Crippen LogP contribution is 2.38. The van der Waals surface area contributed by atoms with Crippen LogP contribution < -0.4 is 0 Å². The number of likely N-dealkylation sites (tertiary alicyclic amines) is 1. The van der Waals surface area contributed by atoms with E-state index in [-0.39, 0.29) is 11.9 Å². The van der Waals surface area contributed by atoms with E-state index < -0.39 is 5.54 Å². The van der Waals surface area contributed by atoms with Gasteiger partial charge < -0.3 is 4.90 Å². The molecule has 170 valence electrons. The number of imide groups is 1. The number of urea groups is 1. The van der Waals surface area contributed by atoms with E-state index in [4.69, 9.17) is 0 Å². The van der Waals surface area contributed by atoms with Crippen LogP contribution in [0.4, 0.5) is 4.79 Å². The lowest BCUT2D eigenvalue weighted by atomic mass is 9.85. The lowest BCUT2D eigenvalue weighted by Crippen LogP contribution is -2.57. The Labute approximate surface area is 190 Å². The van der Waals surface area contributed by atoms with Crippen LogP contribution in [-0.2, 0) is 17.8 Å². The van der Waals surface area contributed by atoms with Gasteiger partial charge in [0.2, 0.25) is 0 Å². The van der Waals surface area contributed by atoms with Crippen molar-refractivity contribution in [2.75, 3.05) is 26.2 Å². The van der Waals surface area contributed by atoms with Gasteiger partial charge in [-0.15, -0.1) is 0 Å². The molecule has 32 heavy (non-hydrogen) atoms. The van der Waals surface area contributed by atoms with Crippen LogP contribution in [0.5, 0.6) is 0 Å². The Morgan fingerprint density at radius 2 is 1.75 bits per heavy atom. The SMILES string of the molecule is CC(C)CN1C(=O)N(CCCc2cccnc2)C(=O)C12CCN(Cc1ccncc1)CC2. The number of aryl methyl sites for hydroxylation is 1. The lowest BCUT2D eigenvalue weighted by Gasteiger charge is -2.42. The van der Waals surface area contributed by atoms with E-state index >= 15 is 0 Å². The van der Waals surface area contributed by atoms with Gasteiger partial charge in [-0.2, -0.15) is 0 Å². The molecule has 0 radical (unpaired) electrons. The Bertz CT molecular complexity index is 910. The number of hydrogen-bond acceptors (Lipinski definition) is 5. The Hall–Kier alpha value is -2.80. The minimum atomic E-state index is -0.690. The first-order valence-electron chi connectivity index (χ1n) is 11.6. The highest BCUT2D eigenvalue weighted by Gasteiger charge is 2.57. The van der Waals surface area contributed by atoms with E-state index in [2.05, 4.69) is 28.7 Å². The number of amides is 3. The number of nitrogens with zero attached hydrogens (tertiary/aromatic N) is 5. The highest BCUT2D eigenvalue weighted by atomic mass is 16.2. The molecule has 2 aromatic heterocycles. The Balaban J connectivity index is 1.43. The van der Waals surface area contributed by atoms with Crippen molar-refractivity contribution in [2.24, 2.45) is 5.92 Å². The Morgan fingerprint density at radius 1 is 1.00 bits per heavy atom. The highest BCUT2D eigenvalue weighted by molar-refractivity contribution is 6.07. The fourth-order valence-electron chi connectivity index (χ4n) is 4.90. The van der Waals surface area contributed by atoms with Crippen LogP contribution in [0.2, 0.25) is 0 Å². The number of carbonyl (C=O) groups is 2. The lowest BCUT2D eigenvalue weighted by molar-refractivity contribution is -0.135. The predicted molar refractivity (Wildman–Crippen MR) is 123 cm³/mol. The molecule has 4 heterocycles. The van der Waals surface area contributed by atoms with Crippen LogP contribution in [0.15, 0.2) is 49.1 Å². The molecule has 2 fully saturated rings. The van der Waals surface area contributed by atoms with Crippen molar-refractivity contribution in [3.63, 3.8) is 0 Å². The number of pyridine rings is 2. The van der Waals surface area contributed by atoms with E-state index in [0.29, 0.717) is 31.8 Å². The summed E-state index contributed by atoms with van der Waals surface area (Å²) in [7, 11) is 0. The molecule has 7 heteroatoms. The first kappa shape index (κ1) is 22.4. The van der Waals surface area contributed by atoms with Gasteiger partial charge in [-0.25, -0.2) is 4.79 Å². The molecule has 4 rings (SSSR count). The van der Waals surface area contributed by atoms with Crippen LogP contribution in [0.1, 0.15) is 44.2 Å². The van der Waals surface area contributed by atoms with E-state index in [9.17, 15) is 9.59 Å². The summed E-state index contributed by atoms with van der Waals surface area (Å²) in [6.45, 7) is 7.75. The van der Waals surface area contributed by atoms with Gasteiger partial charge in [0, 0.05) is 57.5 Å². The van der Waals surface area contributed by atoms with Crippen molar-refractivity contribution in [1.29, 1.82) is 0 Å². The molecule has 2 aromatic rings. The topological polar surface area (TPSA) is 69.6 Å². The molecule has 2 aliphatic heterocycles. The maximum atomic E-state index is 13.6. The molecule has 3 amide bonds. The van der Waals surface area contributed by atoms with E-state index in [1.165, 1.54) is 10.5 Å². The van der Waals surface area contributed by atoms with Gasteiger partial charge in [-0.05, 0) is 60.9 Å². The molecule has 1 spiro atoms. The maximum Gasteiger partial charge on any atom is 0.327 e. The molecule has 2 aliphatic rings. The van der Waals surface area contributed by atoms with Gasteiger partial charge in [0.1, 0.15) is 5.54 Å². The molecule has 2 saturated heterocycles. The number of carbonyl (C=O) groups excluding carboxylic acids is 2. The number of aromatic nitrogens is 2. The molecular weight excluding hydrogens is 402 g/mol. The van der Waals surface area contributed by atoms with E-state index in [1.54, 1.807) is 6.20 Å². The summed E-state index contributed by atoms with van der Waals surface area (Å²) in [6.07, 6.45) is 10.2. The zero-order chi connectivity index (χ0) is 22.6. The normalized spacial score (nSPS) is 18.8. The third-order valence-corrected chi connectivity index (χ3v) is 6.58. The Morgan fingerprint density at radius 3 is 2.41 bits per heavy atom. The molecule has 0 unspecified atom stereocenters. The van der Waals surface area contributed by atoms with E-state index in [0.717, 1.165) is 38.0 Å². The number of piperidine rings is 1. The average Bonchev–Trinajstić information content (AvgIpc) is 2.98. The third-order valence-electron chi connectivity index (χ3n) is 6.58. The Kier molecular flexibility index (Phi) is 6.84. The maximum absolute atomic E-state index is 13.6. The minimum absolute atomic E-state index is 0.00195. The third kappa shape index (κ3) is 4.67. The summed E-state index contributed by atoms with van der Waals surface area (Å²) in [4.78, 5) is 41.0. The average molecular weight is 436 g/mol. The van der Waals surface area contributed by atoms with Crippen LogP contribution in [0.3, 0.4) is 0 Å². The predicted octanol–water partition coefficient (Wildman–Crippen LogP) is 3.36. The molecule has 0 saturated carbocycles. The van der Waals surface area contributed by atoms with Crippen molar-refractivity contribution >= 4 is 11.9 Å². The molecular formula is C25H33N5O2. The standard InChI is InChI=1S/C25H33N5O2/c1-20(2)18-30-24(32)29(14-4-6-21-5-3-11-27-17-21)23(31)25(30)9-15-28(16-10-25)19-22-7-12-26-13-8-22/h3,5,7-8,11-13,17,20H,4,6,9-10,14-16,18-19H2,1-2H3.